The zero-order chi connectivity index (χ0) is 19.3. The highest BCUT2D eigenvalue weighted by atomic mass is 35.5. The third-order valence-electron chi connectivity index (χ3n) is 3.37. The number of carboxylic acids is 1. The lowest BCUT2D eigenvalue weighted by atomic mass is 10.1. The minimum Gasteiger partial charge on any atom is -0.480 e. The van der Waals surface area contributed by atoms with Crippen LogP contribution in [-0.2, 0) is 9.53 Å². The van der Waals surface area contributed by atoms with Gasteiger partial charge in [-0.05, 0) is 32.9 Å². The summed E-state index contributed by atoms with van der Waals surface area (Å²) >= 11 is 7.17. The van der Waals surface area contributed by atoms with Gasteiger partial charge in [0.15, 0.2) is 0 Å². The summed E-state index contributed by atoms with van der Waals surface area (Å²) in [6, 6.07) is 6.08. The normalized spacial score (nSPS) is 12.6. The highest BCUT2D eigenvalue weighted by molar-refractivity contribution is 7.13. The monoisotopic (exact) mass is 396 g/mol. The Kier molecular flexibility index (Phi) is 6.75. The first-order valence-corrected chi connectivity index (χ1v) is 9.30. The van der Waals surface area contributed by atoms with E-state index in [9.17, 15) is 14.7 Å². The third kappa shape index (κ3) is 6.09. The lowest BCUT2D eigenvalue weighted by Crippen LogP contribution is -2.42. The molecule has 0 spiro atoms. The van der Waals surface area contributed by atoms with E-state index in [1.807, 2.05) is 32.9 Å². The van der Waals surface area contributed by atoms with Gasteiger partial charge in [0.05, 0.1) is 5.60 Å². The number of aliphatic carboxylic acids is 1. The number of rotatable bonds is 7. The molecular weight excluding hydrogens is 376 g/mol. The molecule has 0 radical (unpaired) electrons. The first-order valence-electron chi connectivity index (χ1n) is 8.05. The molecule has 1 aromatic carbocycles. The van der Waals surface area contributed by atoms with Gasteiger partial charge < -0.3 is 15.2 Å². The molecule has 6 nitrogen and oxygen atoms in total. The fourth-order valence-electron chi connectivity index (χ4n) is 2.08. The van der Waals surface area contributed by atoms with E-state index in [0.717, 1.165) is 5.56 Å². The molecule has 1 atom stereocenters. The molecule has 0 saturated heterocycles. The van der Waals surface area contributed by atoms with Crippen molar-refractivity contribution in [2.45, 2.75) is 38.8 Å². The van der Waals surface area contributed by atoms with Gasteiger partial charge in [0.1, 0.15) is 16.7 Å². The number of carboxylic acid groups (broad SMARTS) is 1. The van der Waals surface area contributed by atoms with Gasteiger partial charge in [-0.15, -0.1) is 11.3 Å². The Hall–Kier alpha value is -1.96. The van der Waals surface area contributed by atoms with Crippen LogP contribution in [0.4, 0.5) is 0 Å². The number of thiazole rings is 1. The Morgan fingerprint density at radius 2 is 1.96 bits per heavy atom. The van der Waals surface area contributed by atoms with Crippen molar-refractivity contribution in [2.75, 3.05) is 6.61 Å². The van der Waals surface area contributed by atoms with E-state index in [-0.39, 0.29) is 24.3 Å². The molecule has 0 saturated carbocycles. The summed E-state index contributed by atoms with van der Waals surface area (Å²) in [6.45, 7) is 5.88. The zero-order valence-electron chi connectivity index (χ0n) is 14.8. The van der Waals surface area contributed by atoms with Crippen molar-refractivity contribution in [3.8, 4) is 10.6 Å². The molecule has 1 unspecified atom stereocenters. The fraction of sp³-hybridized carbons (Fsp3) is 0.389. The van der Waals surface area contributed by atoms with Crippen LogP contribution in [0.3, 0.4) is 0 Å². The van der Waals surface area contributed by atoms with E-state index < -0.39 is 17.9 Å². The van der Waals surface area contributed by atoms with Crippen LogP contribution in [0.15, 0.2) is 29.6 Å². The molecule has 1 amide bonds. The van der Waals surface area contributed by atoms with Crippen LogP contribution >= 0.6 is 22.9 Å². The van der Waals surface area contributed by atoms with Crippen LogP contribution < -0.4 is 5.32 Å². The van der Waals surface area contributed by atoms with Gasteiger partial charge in [-0.3, -0.25) is 4.79 Å². The molecule has 1 heterocycles. The number of amides is 1. The first-order chi connectivity index (χ1) is 12.2. The molecule has 8 heteroatoms. The topological polar surface area (TPSA) is 88.5 Å². The van der Waals surface area contributed by atoms with Crippen LogP contribution in [0.2, 0.25) is 5.02 Å². The Morgan fingerprint density at radius 1 is 1.31 bits per heavy atom. The first kappa shape index (κ1) is 20.4. The van der Waals surface area contributed by atoms with E-state index in [2.05, 4.69) is 10.3 Å². The van der Waals surface area contributed by atoms with Crippen molar-refractivity contribution in [3.05, 3.63) is 40.4 Å². The highest BCUT2D eigenvalue weighted by Gasteiger charge is 2.23. The van der Waals surface area contributed by atoms with E-state index in [0.29, 0.717) is 10.0 Å². The van der Waals surface area contributed by atoms with E-state index in [1.54, 1.807) is 17.5 Å². The average molecular weight is 397 g/mol. The van der Waals surface area contributed by atoms with Gasteiger partial charge in [0.25, 0.3) is 5.91 Å². The maximum absolute atomic E-state index is 12.3. The number of halogens is 1. The molecule has 0 aliphatic heterocycles. The van der Waals surface area contributed by atoms with Crippen LogP contribution in [0.5, 0.6) is 0 Å². The van der Waals surface area contributed by atoms with Crippen LogP contribution in [0.1, 0.15) is 37.7 Å². The van der Waals surface area contributed by atoms with Crippen LogP contribution in [0, 0.1) is 0 Å². The summed E-state index contributed by atoms with van der Waals surface area (Å²) in [7, 11) is 0. The third-order valence-corrected chi connectivity index (χ3v) is 4.52. The number of hydrogen-bond acceptors (Lipinski definition) is 5. The maximum atomic E-state index is 12.3. The summed E-state index contributed by atoms with van der Waals surface area (Å²) in [5.41, 5.74) is 0.657. The van der Waals surface area contributed by atoms with Gasteiger partial charge in [0.2, 0.25) is 0 Å². The molecular formula is C18H21ClN2O4S. The Balaban J connectivity index is 2.01. The average Bonchev–Trinajstić information content (AvgIpc) is 3.03. The minimum absolute atomic E-state index is 0.173. The lowest BCUT2D eigenvalue weighted by Gasteiger charge is -2.21. The molecule has 0 bridgehead atoms. The SMILES string of the molecule is CC(C)(C)OCCC(NC(=O)c1csc(-c2ccc(Cl)cc2)n1)C(=O)O. The lowest BCUT2D eigenvalue weighted by molar-refractivity contribution is -0.140. The largest absolute Gasteiger partial charge is 0.480 e. The smallest absolute Gasteiger partial charge is 0.326 e. The van der Waals surface area contributed by atoms with Crippen molar-refractivity contribution >= 4 is 34.8 Å². The van der Waals surface area contributed by atoms with Crippen molar-refractivity contribution < 1.29 is 19.4 Å². The predicted molar refractivity (Wildman–Crippen MR) is 102 cm³/mol. The Bertz CT molecular complexity index is 768. The molecule has 2 aromatic rings. The van der Waals surface area contributed by atoms with Crippen molar-refractivity contribution in [1.82, 2.24) is 10.3 Å². The second kappa shape index (κ2) is 8.62. The van der Waals surface area contributed by atoms with Gasteiger partial charge in [-0.2, -0.15) is 0 Å². The molecule has 26 heavy (non-hydrogen) atoms. The standard InChI is InChI=1S/C18H21ClN2O4S/c1-18(2,3)25-9-8-13(17(23)24)20-15(22)14-10-26-16(21-14)11-4-6-12(19)7-5-11/h4-7,10,13H,8-9H2,1-3H3,(H,20,22)(H,23,24). The molecule has 1 aromatic heterocycles. The number of nitrogens with one attached hydrogen (secondary N) is 1. The summed E-state index contributed by atoms with van der Waals surface area (Å²) < 4.78 is 5.53. The Morgan fingerprint density at radius 3 is 2.54 bits per heavy atom. The van der Waals surface area contributed by atoms with Crippen LogP contribution in [0.25, 0.3) is 10.6 Å². The number of carbonyl (C=O) groups excluding carboxylic acids is 1. The van der Waals surface area contributed by atoms with Gasteiger partial charge in [0, 0.05) is 29.0 Å². The van der Waals surface area contributed by atoms with Gasteiger partial charge >= 0.3 is 5.97 Å². The van der Waals surface area contributed by atoms with Gasteiger partial charge in [-0.1, -0.05) is 23.7 Å². The number of hydrogen-bond donors (Lipinski definition) is 2. The summed E-state index contributed by atoms with van der Waals surface area (Å²) in [5.74, 6) is -1.63. The predicted octanol–water partition coefficient (Wildman–Crippen LogP) is 3.85. The van der Waals surface area contributed by atoms with E-state index >= 15 is 0 Å². The number of benzene rings is 1. The van der Waals surface area contributed by atoms with Crippen LogP contribution in [-0.4, -0.2) is 40.2 Å². The molecule has 0 fully saturated rings. The zero-order valence-corrected chi connectivity index (χ0v) is 16.4. The second-order valence-corrected chi connectivity index (χ2v) is 7.95. The highest BCUT2D eigenvalue weighted by Crippen LogP contribution is 2.25. The number of nitrogens with zero attached hydrogens (tertiary/aromatic N) is 1. The summed E-state index contributed by atoms with van der Waals surface area (Å²) in [5, 5.41) is 14.7. The van der Waals surface area contributed by atoms with E-state index in [4.69, 9.17) is 16.3 Å². The van der Waals surface area contributed by atoms with Gasteiger partial charge in [-0.25, -0.2) is 9.78 Å². The number of aromatic nitrogens is 1. The summed E-state index contributed by atoms with van der Waals surface area (Å²) in [6.07, 6.45) is 0.173. The fourth-order valence-corrected chi connectivity index (χ4v) is 3.01. The quantitative estimate of drug-likeness (QED) is 0.742. The molecule has 0 aliphatic rings. The minimum atomic E-state index is -1.11. The Labute approximate surface area is 161 Å². The van der Waals surface area contributed by atoms with Crippen molar-refractivity contribution in [1.29, 1.82) is 0 Å². The summed E-state index contributed by atoms with van der Waals surface area (Å²) in [4.78, 5) is 28.0. The number of carbonyl (C=O) groups is 2. The molecule has 0 aliphatic carbocycles. The number of ether oxygens (including phenoxy) is 1. The molecule has 2 rings (SSSR count). The second-order valence-electron chi connectivity index (χ2n) is 6.66. The molecule has 140 valence electrons. The van der Waals surface area contributed by atoms with E-state index in [1.165, 1.54) is 11.3 Å². The molecule has 2 N–H and O–H groups in total. The van der Waals surface area contributed by atoms with Crippen molar-refractivity contribution in [2.24, 2.45) is 0 Å². The van der Waals surface area contributed by atoms with Crippen molar-refractivity contribution in [3.63, 3.8) is 0 Å². The maximum Gasteiger partial charge on any atom is 0.326 e.